The summed E-state index contributed by atoms with van der Waals surface area (Å²) in [5, 5.41) is 20.7. The number of nitrogens with one attached hydrogen (secondary N) is 2. The van der Waals surface area contributed by atoms with Crippen molar-refractivity contribution in [2.75, 3.05) is 20.3 Å². The van der Waals surface area contributed by atoms with Gasteiger partial charge in [-0.25, -0.2) is 9.37 Å². The Bertz CT molecular complexity index is 1390. The number of nitrogens with zero attached hydrogens (tertiary/aromatic N) is 1. The van der Waals surface area contributed by atoms with E-state index in [-0.39, 0.29) is 54.8 Å². The smallest absolute Gasteiger partial charge is 0.222 e. The molecule has 2 heterocycles. The summed E-state index contributed by atoms with van der Waals surface area (Å²) in [6.45, 7) is 7.24. The summed E-state index contributed by atoms with van der Waals surface area (Å²) in [6, 6.07) is 10.7. The van der Waals surface area contributed by atoms with Gasteiger partial charge in [0.1, 0.15) is 22.2 Å². The van der Waals surface area contributed by atoms with Gasteiger partial charge in [0.2, 0.25) is 5.91 Å². The van der Waals surface area contributed by atoms with Crippen molar-refractivity contribution < 1.29 is 23.8 Å². The summed E-state index contributed by atoms with van der Waals surface area (Å²) in [7, 11) is 1.55. The second-order valence-corrected chi connectivity index (χ2v) is 14.2. The van der Waals surface area contributed by atoms with Gasteiger partial charge in [-0.3, -0.25) is 4.79 Å². The number of aliphatic hydroxyl groups is 1. The Morgan fingerprint density at radius 2 is 2.05 bits per heavy atom. The van der Waals surface area contributed by atoms with Crippen LogP contribution < -0.4 is 15.4 Å². The Labute approximate surface area is 258 Å². The van der Waals surface area contributed by atoms with Crippen molar-refractivity contribution in [3.63, 3.8) is 0 Å². The number of ether oxygens (including phenoxy) is 2. The van der Waals surface area contributed by atoms with Crippen LogP contribution in [0.5, 0.6) is 5.75 Å². The minimum Gasteiger partial charge on any atom is -0.487 e. The number of carbonyl (C=O) groups is 1. The molecule has 0 unspecified atom stereocenters. The quantitative estimate of drug-likeness (QED) is 0.233. The number of fused-ring (bicyclic) bond motifs is 1. The molecule has 3 N–H and O–H groups in total. The number of amides is 1. The highest BCUT2D eigenvalue weighted by Crippen LogP contribution is 2.49. The fourth-order valence-electron chi connectivity index (χ4n) is 6.18. The lowest BCUT2D eigenvalue weighted by Gasteiger charge is -2.48. The minimum atomic E-state index is -0.917. The van der Waals surface area contributed by atoms with E-state index in [1.165, 1.54) is 29.0 Å². The Morgan fingerprint density at radius 1 is 1.23 bits per heavy atom. The SMILES string of the molecule is COCCC(=O)N[C@@H](Cc1cc(F)cc(-c2nccs2)c1)[C@H](O)CN[C@H]1CC2(CCC2)Oc2ccc(CC(C)(C)C)cc21. The minimum absolute atomic E-state index is 0.00846. The number of halogens is 1. The molecule has 3 atom stereocenters. The van der Waals surface area contributed by atoms with Crippen molar-refractivity contribution in [3.05, 3.63) is 70.5 Å². The number of aromatic nitrogens is 1. The first-order valence-electron chi connectivity index (χ1n) is 15.2. The number of benzene rings is 2. The fraction of sp³-hybridized carbons (Fsp3) is 0.529. The van der Waals surface area contributed by atoms with Crippen LogP contribution in [0.3, 0.4) is 0 Å². The maximum atomic E-state index is 14.7. The summed E-state index contributed by atoms with van der Waals surface area (Å²) < 4.78 is 26.3. The van der Waals surface area contributed by atoms with Crippen molar-refractivity contribution in [3.8, 4) is 16.3 Å². The van der Waals surface area contributed by atoms with Crippen LogP contribution in [0.15, 0.2) is 48.0 Å². The molecule has 0 radical (unpaired) electrons. The zero-order valence-electron chi connectivity index (χ0n) is 25.6. The molecule has 1 saturated carbocycles. The number of methoxy groups -OCH3 is 1. The second kappa shape index (κ2) is 13.4. The zero-order chi connectivity index (χ0) is 30.6. The summed E-state index contributed by atoms with van der Waals surface area (Å²) in [6.07, 6.45) is 6.19. The lowest BCUT2D eigenvalue weighted by molar-refractivity contribution is -0.123. The highest BCUT2D eigenvalue weighted by atomic mass is 32.1. The van der Waals surface area contributed by atoms with Crippen LogP contribution >= 0.6 is 11.3 Å². The van der Waals surface area contributed by atoms with Crippen LogP contribution in [0.25, 0.3) is 10.6 Å². The maximum Gasteiger partial charge on any atom is 0.222 e. The van der Waals surface area contributed by atoms with Crippen molar-refractivity contribution in [2.45, 2.75) is 89.5 Å². The Hall–Kier alpha value is -2.85. The first kappa shape index (κ1) is 31.6. The molecule has 232 valence electrons. The average molecular weight is 610 g/mol. The van der Waals surface area contributed by atoms with Crippen molar-refractivity contribution in [1.82, 2.24) is 15.6 Å². The third-order valence-corrected chi connectivity index (χ3v) is 9.18. The van der Waals surface area contributed by atoms with E-state index in [0.717, 1.165) is 48.4 Å². The average Bonchev–Trinajstić information content (AvgIpc) is 3.47. The van der Waals surface area contributed by atoms with E-state index in [2.05, 4.69) is 54.6 Å². The lowest BCUT2D eigenvalue weighted by atomic mass is 9.72. The van der Waals surface area contributed by atoms with E-state index < -0.39 is 12.1 Å². The van der Waals surface area contributed by atoms with Gasteiger partial charge in [-0.15, -0.1) is 11.3 Å². The third-order valence-electron chi connectivity index (χ3n) is 8.36. The monoisotopic (exact) mass is 609 g/mol. The van der Waals surface area contributed by atoms with E-state index in [9.17, 15) is 14.3 Å². The predicted octanol–water partition coefficient (Wildman–Crippen LogP) is 6.00. The van der Waals surface area contributed by atoms with Gasteiger partial charge in [0.25, 0.3) is 0 Å². The van der Waals surface area contributed by atoms with Gasteiger partial charge in [-0.2, -0.15) is 0 Å². The molecule has 3 aromatic rings. The van der Waals surface area contributed by atoms with Crippen molar-refractivity contribution in [2.24, 2.45) is 5.41 Å². The van der Waals surface area contributed by atoms with Gasteiger partial charge in [0.05, 0.1) is 18.8 Å². The van der Waals surface area contributed by atoms with Crippen LogP contribution in [0.2, 0.25) is 0 Å². The molecule has 0 saturated heterocycles. The molecule has 7 nitrogen and oxygen atoms in total. The standard InChI is InChI=1S/C34H44FN3O4S/c1-33(2,3)19-22-6-7-30-26(16-22)28(20-34(42-30)9-5-10-34)37-21-29(39)27(38-31(40)8-12-41-4)17-23-14-24(18-25(35)15-23)32-36-11-13-43-32/h6-7,11,13-16,18,27-29,37,39H,5,8-10,12,17,19-21H2,1-4H3,(H,38,40)/t27-,28-,29+/m0/s1. The van der Waals surface area contributed by atoms with Crippen molar-refractivity contribution >= 4 is 17.2 Å². The molecule has 1 amide bonds. The van der Waals surface area contributed by atoms with Crippen molar-refractivity contribution in [1.29, 1.82) is 0 Å². The van der Waals surface area contributed by atoms with Crippen LogP contribution in [-0.2, 0) is 22.4 Å². The van der Waals surface area contributed by atoms with E-state index >= 15 is 0 Å². The Balaban J connectivity index is 1.35. The van der Waals surface area contributed by atoms with E-state index in [0.29, 0.717) is 11.1 Å². The van der Waals surface area contributed by atoms with Crippen LogP contribution in [0.1, 0.15) is 75.6 Å². The van der Waals surface area contributed by atoms with Crippen LogP contribution in [0, 0.1) is 11.2 Å². The highest BCUT2D eigenvalue weighted by Gasteiger charge is 2.45. The number of aliphatic hydroxyl groups excluding tert-OH is 1. The summed E-state index contributed by atoms with van der Waals surface area (Å²) in [5.41, 5.74) is 3.73. The summed E-state index contributed by atoms with van der Waals surface area (Å²) in [4.78, 5) is 17.1. The van der Waals surface area contributed by atoms with Gasteiger partial charge < -0.3 is 25.2 Å². The molecule has 5 rings (SSSR count). The molecule has 1 aromatic heterocycles. The number of carbonyl (C=O) groups excluding carboxylic acids is 1. The second-order valence-electron chi connectivity index (χ2n) is 13.3. The van der Waals surface area contributed by atoms with E-state index in [1.54, 1.807) is 13.3 Å². The van der Waals surface area contributed by atoms with E-state index in [1.807, 2.05) is 11.4 Å². The molecule has 0 bridgehead atoms. The van der Waals surface area contributed by atoms with Gasteiger partial charge in [-0.1, -0.05) is 32.9 Å². The first-order valence-corrected chi connectivity index (χ1v) is 16.1. The Kier molecular flexibility index (Phi) is 9.86. The van der Waals surface area contributed by atoms with Crippen LogP contribution in [0.4, 0.5) is 4.39 Å². The van der Waals surface area contributed by atoms with Gasteiger partial charge in [-0.05, 0) is 72.9 Å². The maximum absolute atomic E-state index is 14.7. The molecule has 1 spiro atoms. The molecule has 2 aromatic carbocycles. The molecular weight excluding hydrogens is 565 g/mol. The highest BCUT2D eigenvalue weighted by molar-refractivity contribution is 7.13. The molecule has 1 aliphatic heterocycles. The lowest BCUT2D eigenvalue weighted by Crippen LogP contribution is -2.52. The number of hydrogen-bond acceptors (Lipinski definition) is 7. The predicted molar refractivity (Wildman–Crippen MR) is 168 cm³/mol. The summed E-state index contributed by atoms with van der Waals surface area (Å²) >= 11 is 1.44. The number of hydrogen-bond donors (Lipinski definition) is 3. The molecule has 1 aliphatic carbocycles. The van der Waals surface area contributed by atoms with E-state index in [4.69, 9.17) is 9.47 Å². The topological polar surface area (TPSA) is 92.7 Å². The molecule has 9 heteroatoms. The fourth-order valence-corrected chi connectivity index (χ4v) is 6.80. The Morgan fingerprint density at radius 3 is 2.72 bits per heavy atom. The largest absolute Gasteiger partial charge is 0.487 e. The van der Waals surface area contributed by atoms with Gasteiger partial charge in [0, 0.05) is 55.2 Å². The molecule has 2 aliphatic rings. The van der Waals surface area contributed by atoms with Gasteiger partial charge in [0.15, 0.2) is 0 Å². The number of thiazole rings is 1. The number of rotatable bonds is 12. The first-order chi connectivity index (χ1) is 20.5. The normalized spacial score (nSPS) is 18.8. The van der Waals surface area contributed by atoms with Gasteiger partial charge >= 0.3 is 0 Å². The molecular formula is C34H44FN3O4S. The zero-order valence-corrected chi connectivity index (χ0v) is 26.4. The summed E-state index contributed by atoms with van der Waals surface area (Å²) in [5.74, 6) is 0.309. The molecule has 43 heavy (non-hydrogen) atoms. The third kappa shape index (κ3) is 8.20. The molecule has 1 fully saturated rings. The van der Waals surface area contributed by atoms with Crippen LogP contribution in [-0.4, -0.2) is 54.0 Å².